The van der Waals surface area contributed by atoms with Gasteiger partial charge in [0.05, 0.1) is 11.4 Å². The minimum Gasteiger partial charge on any atom is -0.310 e. The van der Waals surface area contributed by atoms with Gasteiger partial charge in [0.25, 0.3) is 0 Å². The van der Waals surface area contributed by atoms with E-state index in [1.54, 1.807) is 0 Å². The highest BCUT2D eigenvalue weighted by atomic mass is 15.2. The number of benzene rings is 8. The van der Waals surface area contributed by atoms with Gasteiger partial charge in [-0.3, -0.25) is 0 Å². The average Bonchev–Trinajstić information content (AvgIpc) is 3.13. The van der Waals surface area contributed by atoms with Crippen molar-refractivity contribution in [2.45, 2.75) is 0 Å². The second-order valence-electron chi connectivity index (χ2n) is 11.4. The third-order valence-corrected chi connectivity index (χ3v) is 8.57. The number of hydrogen-bond donors (Lipinski definition) is 0. The molecule has 218 valence electrons. The van der Waals surface area contributed by atoms with Gasteiger partial charge in [0.1, 0.15) is 0 Å². The van der Waals surface area contributed by atoms with Crippen LogP contribution in [0.2, 0.25) is 0 Å². The predicted octanol–water partition coefficient (Wildman–Crippen LogP) is 12.6. The summed E-state index contributed by atoms with van der Waals surface area (Å²) in [6.45, 7) is 0. The SMILES string of the molecule is c1ccc(-c2cc3ccccc3cc2N(c2cccc(N(c3ccccc3)c3ccccc3)c2)c2cccc3ccccc23)cc1. The molecular weight excluding hydrogens is 556 g/mol. The van der Waals surface area contributed by atoms with E-state index in [1.807, 2.05) is 0 Å². The van der Waals surface area contributed by atoms with Crippen molar-refractivity contribution >= 4 is 55.7 Å². The molecular formula is C44H32N2. The van der Waals surface area contributed by atoms with Crippen molar-refractivity contribution in [2.24, 2.45) is 0 Å². The number of nitrogens with zero attached hydrogens (tertiary/aromatic N) is 2. The van der Waals surface area contributed by atoms with Crippen LogP contribution in [0.4, 0.5) is 34.1 Å². The monoisotopic (exact) mass is 588 g/mol. The predicted molar refractivity (Wildman–Crippen MR) is 196 cm³/mol. The Labute approximate surface area is 270 Å². The van der Waals surface area contributed by atoms with Crippen LogP contribution in [0.3, 0.4) is 0 Å². The van der Waals surface area contributed by atoms with Gasteiger partial charge >= 0.3 is 0 Å². The Morgan fingerprint density at radius 1 is 0.283 bits per heavy atom. The van der Waals surface area contributed by atoms with Crippen LogP contribution < -0.4 is 9.80 Å². The molecule has 0 amide bonds. The summed E-state index contributed by atoms with van der Waals surface area (Å²) < 4.78 is 0. The maximum absolute atomic E-state index is 2.44. The summed E-state index contributed by atoms with van der Waals surface area (Å²) in [6, 6.07) is 69.4. The first-order valence-corrected chi connectivity index (χ1v) is 15.7. The Morgan fingerprint density at radius 2 is 0.761 bits per heavy atom. The van der Waals surface area contributed by atoms with E-state index in [9.17, 15) is 0 Å². The summed E-state index contributed by atoms with van der Waals surface area (Å²) >= 11 is 0. The van der Waals surface area contributed by atoms with Gasteiger partial charge in [-0.05, 0) is 82.4 Å². The van der Waals surface area contributed by atoms with Crippen molar-refractivity contribution < 1.29 is 0 Å². The number of para-hydroxylation sites is 2. The van der Waals surface area contributed by atoms with Crippen molar-refractivity contribution in [3.05, 3.63) is 194 Å². The first kappa shape index (κ1) is 27.4. The van der Waals surface area contributed by atoms with E-state index in [1.165, 1.54) is 32.7 Å². The molecule has 8 rings (SSSR count). The highest BCUT2D eigenvalue weighted by Crippen LogP contribution is 2.46. The zero-order chi connectivity index (χ0) is 30.7. The van der Waals surface area contributed by atoms with Gasteiger partial charge in [0, 0.05) is 33.7 Å². The average molecular weight is 589 g/mol. The van der Waals surface area contributed by atoms with Gasteiger partial charge in [-0.2, -0.15) is 0 Å². The molecule has 0 aliphatic heterocycles. The summed E-state index contributed by atoms with van der Waals surface area (Å²) in [5, 5.41) is 4.83. The van der Waals surface area contributed by atoms with Crippen LogP contribution in [0.1, 0.15) is 0 Å². The van der Waals surface area contributed by atoms with Gasteiger partial charge in [0.2, 0.25) is 0 Å². The number of fused-ring (bicyclic) bond motifs is 2. The summed E-state index contributed by atoms with van der Waals surface area (Å²) in [6.07, 6.45) is 0. The molecule has 0 aliphatic carbocycles. The fraction of sp³-hybridized carbons (Fsp3) is 0. The molecule has 0 radical (unpaired) electrons. The fourth-order valence-electron chi connectivity index (χ4n) is 6.45. The van der Waals surface area contributed by atoms with E-state index in [0.717, 1.165) is 34.1 Å². The highest BCUT2D eigenvalue weighted by molar-refractivity contribution is 6.04. The molecule has 0 fully saturated rings. The molecule has 46 heavy (non-hydrogen) atoms. The van der Waals surface area contributed by atoms with Crippen molar-refractivity contribution in [3.63, 3.8) is 0 Å². The number of hydrogen-bond acceptors (Lipinski definition) is 2. The van der Waals surface area contributed by atoms with Crippen LogP contribution >= 0.6 is 0 Å². The van der Waals surface area contributed by atoms with E-state index < -0.39 is 0 Å². The smallest absolute Gasteiger partial charge is 0.0546 e. The molecule has 0 spiro atoms. The van der Waals surface area contributed by atoms with Crippen molar-refractivity contribution in [1.29, 1.82) is 0 Å². The Morgan fingerprint density at radius 3 is 1.43 bits per heavy atom. The molecule has 0 atom stereocenters. The molecule has 8 aromatic carbocycles. The van der Waals surface area contributed by atoms with Crippen molar-refractivity contribution in [3.8, 4) is 11.1 Å². The van der Waals surface area contributed by atoms with E-state index in [2.05, 4.69) is 204 Å². The first-order chi connectivity index (χ1) is 22.8. The largest absolute Gasteiger partial charge is 0.310 e. The van der Waals surface area contributed by atoms with E-state index in [0.29, 0.717) is 0 Å². The molecule has 0 saturated carbocycles. The third-order valence-electron chi connectivity index (χ3n) is 8.57. The maximum atomic E-state index is 2.44. The Bertz CT molecular complexity index is 2220. The Hall–Kier alpha value is -6.12. The summed E-state index contributed by atoms with van der Waals surface area (Å²) in [5.41, 5.74) is 9.01. The van der Waals surface area contributed by atoms with Crippen molar-refractivity contribution in [2.75, 3.05) is 9.80 Å². The number of anilines is 6. The summed E-state index contributed by atoms with van der Waals surface area (Å²) in [4.78, 5) is 4.76. The van der Waals surface area contributed by atoms with E-state index in [4.69, 9.17) is 0 Å². The molecule has 0 N–H and O–H groups in total. The second-order valence-corrected chi connectivity index (χ2v) is 11.4. The summed E-state index contributed by atoms with van der Waals surface area (Å²) in [7, 11) is 0. The van der Waals surface area contributed by atoms with Crippen LogP contribution in [0, 0.1) is 0 Å². The number of rotatable bonds is 7. The topological polar surface area (TPSA) is 6.48 Å². The standard InChI is InChI=1S/C44H32N2/c1-4-16-34(17-5-1)42-30-35-19-10-11-20-36(35)31-44(42)46(43-29-14-21-33-18-12-13-28-41(33)43)40-27-15-26-39(32-40)45(37-22-6-2-7-23-37)38-24-8-3-9-25-38/h1-32H. The lowest BCUT2D eigenvalue weighted by molar-refractivity contribution is 1.26. The van der Waals surface area contributed by atoms with Crippen LogP contribution in [0.15, 0.2) is 194 Å². The molecule has 2 nitrogen and oxygen atoms in total. The van der Waals surface area contributed by atoms with E-state index in [-0.39, 0.29) is 0 Å². The fourth-order valence-corrected chi connectivity index (χ4v) is 6.45. The molecule has 0 heterocycles. The first-order valence-electron chi connectivity index (χ1n) is 15.7. The van der Waals surface area contributed by atoms with Gasteiger partial charge in [-0.15, -0.1) is 0 Å². The molecule has 0 aromatic heterocycles. The second kappa shape index (κ2) is 12.1. The molecule has 0 aliphatic rings. The highest BCUT2D eigenvalue weighted by Gasteiger charge is 2.22. The minimum absolute atomic E-state index is 1.08. The van der Waals surface area contributed by atoms with E-state index >= 15 is 0 Å². The summed E-state index contributed by atoms with van der Waals surface area (Å²) in [5.74, 6) is 0. The lowest BCUT2D eigenvalue weighted by Crippen LogP contribution is -2.14. The molecule has 8 aromatic rings. The Balaban J connectivity index is 1.41. The lowest BCUT2D eigenvalue weighted by Gasteiger charge is -2.31. The van der Waals surface area contributed by atoms with Crippen LogP contribution in [-0.2, 0) is 0 Å². The zero-order valence-corrected chi connectivity index (χ0v) is 25.4. The quantitative estimate of drug-likeness (QED) is 0.183. The molecule has 0 unspecified atom stereocenters. The Kier molecular flexibility index (Phi) is 7.22. The lowest BCUT2D eigenvalue weighted by atomic mass is 9.97. The van der Waals surface area contributed by atoms with Gasteiger partial charge < -0.3 is 9.80 Å². The van der Waals surface area contributed by atoms with Crippen molar-refractivity contribution in [1.82, 2.24) is 0 Å². The van der Waals surface area contributed by atoms with Crippen LogP contribution in [0.5, 0.6) is 0 Å². The third kappa shape index (κ3) is 5.16. The van der Waals surface area contributed by atoms with Crippen LogP contribution in [0.25, 0.3) is 32.7 Å². The minimum atomic E-state index is 1.08. The zero-order valence-electron chi connectivity index (χ0n) is 25.4. The molecule has 0 bridgehead atoms. The van der Waals surface area contributed by atoms with Gasteiger partial charge in [0.15, 0.2) is 0 Å². The molecule has 2 heteroatoms. The normalized spacial score (nSPS) is 11.0. The maximum Gasteiger partial charge on any atom is 0.0546 e. The van der Waals surface area contributed by atoms with Crippen LogP contribution in [-0.4, -0.2) is 0 Å². The van der Waals surface area contributed by atoms with Gasteiger partial charge in [-0.25, -0.2) is 0 Å². The van der Waals surface area contributed by atoms with Gasteiger partial charge in [-0.1, -0.05) is 133 Å². The molecule has 0 saturated heterocycles.